The molecule has 17 heavy (non-hydrogen) atoms. The lowest BCUT2D eigenvalue weighted by molar-refractivity contribution is 0.279. The summed E-state index contributed by atoms with van der Waals surface area (Å²) in [6, 6.07) is 2.21. The highest BCUT2D eigenvalue weighted by Gasteiger charge is 2.10. The van der Waals surface area contributed by atoms with Gasteiger partial charge in [-0.05, 0) is 32.0 Å². The molecule has 1 aromatic heterocycles. The molecule has 92 valence electrons. The molecule has 0 radical (unpaired) electrons. The van der Waals surface area contributed by atoms with Gasteiger partial charge in [-0.2, -0.15) is 0 Å². The molecule has 1 aromatic rings. The average molecular weight is 248 g/mol. The van der Waals surface area contributed by atoms with Gasteiger partial charge in [0.25, 0.3) is 0 Å². The van der Waals surface area contributed by atoms with Crippen LogP contribution < -0.4 is 5.73 Å². The predicted molar refractivity (Wildman–Crippen MR) is 74.0 cm³/mol. The molecule has 3 heteroatoms. The normalized spacial score (nSPS) is 17.2. The molecule has 2 N–H and O–H groups in total. The van der Waals surface area contributed by atoms with Crippen molar-refractivity contribution in [3.63, 3.8) is 0 Å². The fourth-order valence-corrected chi connectivity index (χ4v) is 3.05. The Morgan fingerprint density at radius 2 is 2.00 bits per heavy atom. The second kappa shape index (κ2) is 6.80. The second-order valence-electron chi connectivity index (χ2n) is 4.50. The number of nitrogens with two attached hydrogens (primary N) is 1. The van der Waals surface area contributed by atoms with Crippen LogP contribution >= 0.6 is 11.3 Å². The summed E-state index contributed by atoms with van der Waals surface area (Å²) in [5.74, 6) is 5.99. The van der Waals surface area contributed by atoms with E-state index in [0.29, 0.717) is 6.54 Å². The van der Waals surface area contributed by atoms with Crippen molar-refractivity contribution >= 4 is 11.3 Å². The van der Waals surface area contributed by atoms with E-state index in [9.17, 15) is 0 Å². The Labute approximate surface area is 108 Å². The van der Waals surface area contributed by atoms with Gasteiger partial charge in [0.05, 0.1) is 6.54 Å². The van der Waals surface area contributed by atoms with Gasteiger partial charge in [-0.3, -0.25) is 4.90 Å². The monoisotopic (exact) mass is 248 g/mol. The van der Waals surface area contributed by atoms with Gasteiger partial charge in [-0.25, -0.2) is 0 Å². The first-order valence-electron chi connectivity index (χ1n) is 6.37. The molecule has 0 aromatic carbocycles. The Hall–Kier alpha value is -0.820. The van der Waals surface area contributed by atoms with Crippen LogP contribution in [-0.2, 0) is 6.54 Å². The third kappa shape index (κ3) is 4.16. The van der Waals surface area contributed by atoms with Gasteiger partial charge in [-0.1, -0.05) is 24.7 Å². The lowest BCUT2D eigenvalue weighted by Crippen LogP contribution is -2.23. The predicted octanol–water partition coefficient (Wildman–Crippen LogP) is 2.43. The third-order valence-corrected chi connectivity index (χ3v) is 3.99. The fraction of sp³-hybridized carbons (Fsp3) is 0.571. The van der Waals surface area contributed by atoms with Crippen LogP contribution in [-0.4, -0.2) is 24.5 Å². The van der Waals surface area contributed by atoms with Crippen molar-refractivity contribution in [2.24, 2.45) is 5.73 Å². The number of thiophene rings is 1. The molecule has 2 nitrogen and oxygen atoms in total. The lowest BCUT2D eigenvalue weighted by atomic mass is 10.2. The molecule has 2 heterocycles. The number of hydrogen-bond donors (Lipinski definition) is 1. The summed E-state index contributed by atoms with van der Waals surface area (Å²) in [7, 11) is 0. The van der Waals surface area contributed by atoms with E-state index in [1.54, 1.807) is 0 Å². The van der Waals surface area contributed by atoms with Crippen LogP contribution in [0.1, 0.15) is 36.1 Å². The van der Waals surface area contributed by atoms with Crippen molar-refractivity contribution in [3.05, 3.63) is 21.9 Å². The van der Waals surface area contributed by atoms with Gasteiger partial charge in [0, 0.05) is 22.4 Å². The maximum Gasteiger partial charge on any atom is 0.0555 e. The molecule has 1 fully saturated rings. The molecule has 0 unspecified atom stereocenters. The Kier molecular flexibility index (Phi) is 5.06. The van der Waals surface area contributed by atoms with Crippen molar-refractivity contribution in [2.75, 3.05) is 19.6 Å². The first-order chi connectivity index (χ1) is 8.38. The molecule has 0 saturated carbocycles. The molecule has 2 rings (SSSR count). The third-order valence-electron chi connectivity index (χ3n) is 3.07. The van der Waals surface area contributed by atoms with Crippen molar-refractivity contribution in [3.8, 4) is 11.8 Å². The molecule has 0 bridgehead atoms. The van der Waals surface area contributed by atoms with Gasteiger partial charge >= 0.3 is 0 Å². The van der Waals surface area contributed by atoms with E-state index in [4.69, 9.17) is 5.73 Å². The van der Waals surface area contributed by atoms with Crippen molar-refractivity contribution < 1.29 is 0 Å². The molecule has 0 amide bonds. The summed E-state index contributed by atoms with van der Waals surface area (Å²) >= 11 is 1.82. The van der Waals surface area contributed by atoms with Crippen LogP contribution in [0.25, 0.3) is 0 Å². The van der Waals surface area contributed by atoms with E-state index in [2.05, 4.69) is 28.2 Å². The van der Waals surface area contributed by atoms with Crippen LogP contribution in [0, 0.1) is 11.8 Å². The molecule has 0 spiro atoms. The average Bonchev–Trinajstić information content (AvgIpc) is 2.61. The van der Waals surface area contributed by atoms with Crippen molar-refractivity contribution in [1.29, 1.82) is 0 Å². The topological polar surface area (TPSA) is 29.3 Å². The van der Waals surface area contributed by atoms with Crippen LogP contribution in [0.15, 0.2) is 11.4 Å². The van der Waals surface area contributed by atoms with Crippen LogP contribution in [0.5, 0.6) is 0 Å². The standard InChI is InChI=1S/C14H20N2S/c15-7-5-6-13-10-14(17-12-13)11-16-8-3-1-2-4-9-16/h10,12H,1-4,7-9,11,15H2. The molecular formula is C14H20N2S. The Morgan fingerprint density at radius 3 is 2.71 bits per heavy atom. The number of likely N-dealkylation sites (tertiary alicyclic amines) is 1. The van der Waals surface area contributed by atoms with E-state index < -0.39 is 0 Å². The van der Waals surface area contributed by atoms with E-state index in [1.165, 1.54) is 43.6 Å². The molecule has 1 saturated heterocycles. The Bertz CT molecular complexity index is 392. The summed E-state index contributed by atoms with van der Waals surface area (Å²) in [4.78, 5) is 3.99. The summed E-state index contributed by atoms with van der Waals surface area (Å²) in [5, 5.41) is 2.13. The molecule has 1 aliphatic heterocycles. The molecule has 0 atom stereocenters. The van der Waals surface area contributed by atoms with Gasteiger partial charge in [0.1, 0.15) is 0 Å². The smallest absolute Gasteiger partial charge is 0.0555 e. The summed E-state index contributed by atoms with van der Waals surface area (Å²) in [6.45, 7) is 4.04. The van der Waals surface area contributed by atoms with E-state index in [0.717, 1.165) is 12.1 Å². The minimum Gasteiger partial charge on any atom is -0.320 e. The zero-order valence-electron chi connectivity index (χ0n) is 10.2. The first kappa shape index (κ1) is 12.6. The quantitative estimate of drug-likeness (QED) is 0.815. The zero-order valence-corrected chi connectivity index (χ0v) is 11.1. The van der Waals surface area contributed by atoms with Crippen LogP contribution in [0.4, 0.5) is 0 Å². The van der Waals surface area contributed by atoms with Crippen LogP contribution in [0.2, 0.25) is 0 Å². The fourth-order valence-electron chi connectivity index (χ4n) is 2.20. The second-order valence-corrected chi connectivity index (χ2v) is 5.49. The van der Waals surface area contributed by atoms with Gasteiger partial charge < -0.3 is 5.73 Å². The van der Waals surface area contributed by atoms with Gasteiger partial charge in [0.2, 0.25) is 0 Å². The van der Waals surface area contributed by atoms with Gasteiger partial charge in [-0.15, -0.1) is 11.3 Å². The van der Waals surface area contributed by atoms with Gasteiger partial charge in [0.15, 0.2) is 0 Å². The minimum atomic E-state index is 0.442. The summed E-state index contributed by atoms with van der Waals surface area (Å²) in [5.41, 5.74) is 6.49. The maximum atomic E-state index is 5.37. The minimum absolute atomic E-state index is 0.442. The molecular weight excluding hydrogens is 228 g/mol. The highest BCUT2D eigenvalue weighted by Crippen LogP contribution is 2.18. The Morgan fingerprint density at radius 1 is 1.24 bits per heavy atom. The molecule has 1 aliphatic rings. The molecule has 0 aliphatic carbocycles. The highest BCUT2D eigenvalue weighted by molar-refractivity contribution is 7.10. The lowest BCUT2D eigenvalue weighted by Gasteiger charge is -2.18. The number of rotatable bonds is 2. The summed E-state index contributed by atoms with van der Waals surface area (Å²) in [6.07, 6.45) is 5.50. The summed E-state index contributed by atoms with van der Waals surface area (Å²) < 4.78 is 0. The Balaban J connectivity index is 1.91. The van der Waals surface area contributed by atoms with E-state index in [1.807, 2.05) is 11.3 Å². The highest BCUT2D eigenvalue weighted by atomic mass is 32.1. The number of nitrogens with zero attached hydrogens (tertiary/aromatic N) is 1. The van der Waals surface area contributed by atoms with Crippen molar-refractivity contribution in [1.82, 2.24) is 4.90 Å². The zero-order chi connectivity index (χ0) is 11.9. The maximum absolute atomic E-state index is 5.37. The largest absolute Gasteiger partial charge is 0.320 e. The first-order valence-corrected chi connectivity index (χ1v) is 7.25. The van der Waals surface area contributed by atoms with Crippen molar-refractivity contribution in [2.45, 2.75) is 32.2 Å². The van der Waals surface area contributed by atoms with E-state index in [-0.39, 0.29) is 0 Å². The van der Waals surface area contributed by atoms with E-state index >= 15 is 0 Å². The SMILES string of the molecule is NCC#Cc1csc(CN2CCCCCC2)c1. The number of hydrogen-bond acceptors (Lipinski definition) is 3. The van der Waals surface area contributed by atoms with Crippen LogP contribution in [0.3, 0.4) is 0 Å².